The van der Waals surface area contributed by atoms with Gasteiger partial charge in [0, 0.05) is 25.5 Å². The van der Waals surface area contributed by atoms with Gasteiger partial charge in [-0.2, -0.15) is 0 Å². The predicted molar refractivity (Wildman–Crippen MR) is 61.7 cm³/mol. The number of hydrogen-bond acceptors (Lipinski definition) is 4. The molecule has 1 aromatic heterocycles. The molecule has 2 aromatic rings. The Balaban J connectivity index is 2.15. The number of H-pyrrole nitrogens is 1. The Morgan fingerprint density at radius 3 is 2.71 bits per heavy atom. The number of aromatic nitrogens is 2. The Morgan fingerprint density at radius 1 is 1.29 bits per heavy atom. The van der Waals surface area contributed by atoms with Gasteiger partial charge in [0.2, 0.25) is 0 Å². The lowest BCUT2D eigenvalue weighted by Crippen LogP contribution is -1.97. The Kier molecular flexibility index (Phi) is 2.24. The summed E-state index contributed by atoms with van der Waals surface area (Å²) in [7, 11) is 0. The van der Waals surface area contributed by atoms with E-state index in [1.807, 2.05) is 6.07 Å². The number of aromatic amines is 1. The van der Waals surface area contributed by atoms with Crippen molar-refractivity contribution in [3.8, 4) is 11.5 Å². The van der Waals surface area contributed by atoms with Gasteiger partial charge in [0.1, 0.15) is 0 Å². The topological polar surface area (TPSA) is 64.2 Å². The Bertz CT molecular complexity index is 546. The zero-order chi connectivity index (χ0) is 11.8. The SMILES string of the molecule is CC(=O)c1nc2cc3c(cc2[nH]1)OCCCO3. The van der Waals surface area contributed by atoms with E-state index in [2.05, 4.69) is 9.97 Å². The molecular formula is C12H12N2O3. The van der Waals surface area contributed by atoms with Crippen molar-refractivity contribution in [1.82, 2.24) is 9.97 Å². The fourth-order valence-corrected chi connectivity index (χ4v) is 1.83. The molecule has 0 aliphatic carbocycles. The number of ether oxygens (including phenoxy) is 2. The molecule has 0 fully saturated rings. The molecule has 0 atom stereocenters. The van der Waals surface area contributed by atoms with E-state index in [-0.39, 0.29) is 5.78 Å². The number of nitrogens with one attached hydrogen (secondary N) is 1. The summed E-state index contributed by atoms with van der Waals surface area (Å²) in [5.41, 5.74) is 1.51. The first kappa shape index (κ1) is 10.1. The van der Waals surface area contributed by atoms with Crippen LogP contribution in [0.5, 0.6) is 11.5 Å². The monoisotopic (exact) mass is 232 g/mol. The summed E-state index contributed by atoms with van der Waals surface area (Å²) < 4.78 is 11.1. The van der Waals surface area contributed by atoms with Crippen molar-refractivity contribution in [2.75, 3.05) is 13.2 Å². The third-order valence-corrected chi connectivity index (χ3v) is 2.68. The number of benzene rings is 1. The first-order chi connectivity index (χ1) is 8.24. The molecule has 1 N–H and O–H groups in total. The first-order valence-electron chi connectivity index (χ1n) is 5.54. The fourth-order valence-electron chi connectivity index (χ4n) is 1.83. The summed E-state index contributed by atoms with van der Waals surface area (Å²) in [5.74, 6) is 1.67. The van der Waals surface area contributed by atoms with Crippen LogP contribution in [0.1, 0.15) is 24.0 Å². The molecular weight excluding hydrogens is 220 g/mol. The second kappa shape index (κ2) is 3.76. The molecule has 0 amide bonds. The van der Waals surface area contributed by atoms with Crippen LogP contribution in [0.2, 0.25) is 0 Å². The minimum Gasteiger partial charge on any atom is -0.489 e. The molecule has 0 spiro atoms. The van der Waals surface area contributed by atoms with Gasteiger partial charge in [-0.05, 0) is 0 Å². The van der Waals surface area contributed by atoms with Gasteiger partial charge < -0.3 is 14.5 Å². The van der Waals surface area contributed by atoms with E-state index in [0.29, 0.717) is 30.5 Å². The number of rotatable bonds is 1. The predicted octanol–water partition coefficient (Wildman–Crippen LogP) is 1.93. The fraction of sp³-hybridized carbons (Fsp3) is 0.333. The third kappa shape index (κ3) is 1.73. The normalized spacial score (nSPS) is 14.6. The van der Waals surface area contributed by atoms with Crippen LogP contribution in [0.15, 0.2) is 12.1 Å². The van der Waals surface area contributed by atoms with Gasteiger partial charge >= 0.3 is 0 Å². The quantitative estimate of drug-likeness (QED) is 0.763. The lowest BCUT2D eigenvalue weighted by molar-refractivity contribution is 0.100. The average Bonchev–Trinajstić information content (AvgIpc) is 2.58. The lowest BCUT2D eigenvalue weighted by atomic mass is 10.3. The van der Waals surface area contributed by atoms with Gasteiger partial charge in [-0.3, -0.25) is 4.79 Å². The van der Waals surface area contributed by atoms with Crippen LogP contribution in [-0.2, 0) is 0 Å². The molecule has 0 bridgehead atoms. The number of fused-ring (bicyclic) bond motifs is 2. The zero-order valence-corrected chi connectivity index (χ0v) is 9.45. The molecule has 17 heavy (non-hydrogen) atoms. The summed E-state index contributed by atoms with van der Waals surface area (Å²) in [6.45, 7) is 2.77. The molecule has 5 heteroatoms. The Labute approximate surface area is 97.7 Å². The molecule has 1 aromatic carbocycles. The van der Waals surface area contributed by atoms with Crippen molar-refractivity contribution in [1.29, 1.82) is 0 Å². The highest BCUT2D eigenvalue weighted by Crippen LogP contribution is 2.33. The summed E-state index contributed by atoms with van der Waals surface area (Å²) in [4.78, 5) is 18.4. The summed E-state index contributed by atoms with van der Waals surface area (Å²) in [6.07, 6.45) is 0.870. The number of imidazole rings is 1. The van der Waals surface area contributed by atoms with E-state index in [4.69, 9.17) is 9.47 Å². The van der Waals surface area contributed by atoms with Gasteiger partial charge in [-0.25, -0.2) is 4.98 Å². The zero-order valence-electron chi connectivity index (χ0n) is 9.45. The number of ketones is 1. The number of nitrogens with zero attached hydrogens (tertiary/aromatic N) is 1. The number of carbonyl (C=O) groups excluding carboxylic acids is 1. The molecule has 0 radical (unpaired) electrons. The maximum atomic E-state index is 11.2. The van der Waals surface area contributed by atoms with E-state index < -0.39 is 0 Å². The summed E-state index contributed by atoms with van der Waals surface area (Å²) in [6, 6.07) is 3.63. The lowest BCUT2D eigenvalue weighted by Gasteiger charge is -2.05. The maximum absolute atomic E-state index is 11.2. The standard InChI is InChI=1S/C12H12N2O3/c1-7(15)12-13-8-5-10-11(6-9(8)14-12)17-4-2-3-16-10/h5-6H,2-4H2,1H3,(H,13,14). The number of hydrogen-bond donors (Lipinski definition) is 1. The van der Waals surface area contributed by atoms with Gasteiger partial charge in [0.05, 0.1) is 24.2 Å². The van der Waals surface area contributed by atoms with Crippen LogP contribution in [-0.4, -0.2) is 29.0 Å². The largest absolute Gasteiger partial charge is 0.489 e. The molecule has 0 saturated carbocycles. The summed E-state index contributed by atoms with van der Waals surface area (Å²) in [5, 5.41) is 0. The Hall–Kier alpha value is -2.04. The van der Waals surface area contributed by atoms with E-state index in [1.165, 1.54) is 6.92 Å². The maximum Gasteiger partial charge on any atom is 0.195 e. The highest BCUT2D eigenvalue weighted by atomic mass is 16.5. The molecule has 88 valence electrons. The number of Topliss-reactive ketones (excluding diaryl/α,β-unsaturated/α-hetero) is 1. The van der Waals surface area contributed by atoms with Crippen molar-refractivity contribution < 1.29 is 14.3 Å². The van der Waals surface area contributed by atoms with Crippen molar-refractivity contribution in [3.05, 3.63) is 18.0 Å². The van der Waals surface area contributed by atoms with Gasteiger partial charge in [-0.15, -0.1) is 0 Å². The van der Waals surface area contributed by atoms with Crippen LogP contribution >= 0.6 is 0 Å². The highest BCUT2D eigenvalue weighted by Gasteiger charge is 2.14. The van der Waals surface area contributed by atoms with Crippen LogP contribution in [0.25, 0.3) is 11.0 Å². The molecule has 3 rings (SSSR count). The van der Waals surface area contributed by atoms with Crippen LogP contribution in [0.3, 0.4) is 0 Å². The van der Waals surface area contributed by atoms with Crippen LogP contribution < -0.4 is 9.47 Å². The highest BCUT2D eigenvalue weighted by molar-refractivity contribution is 5.94. The van der Waals surface area contributed by atoms with Crippen LogP contribution in [0, 0.1) is 0 Å². The smallest absolute Gasteiger partial charge is 0.195 e. The minimum absolute atomic E-state index is 0.0850. The molecule has 0 unspecified atom stereocenters. The van der Waals surface area contributed by atoms with E-state index >= 15 is 0 Å². The molecule has 1 aliphatic rings. The second-order valence-electron chi connectivity index (χ2n) is 4.01. The number of carbonyl (C=O) groups is 1. The van der Waals surface area contributed by atoms with Gasteiger partial charge in [-0.1, -0.05) is 0 Å². The molecule has 0 saturated heterocycles. The van der Waals surface area contributed by atoms with E-state index in [1.54, 1.807) is 6.07 Å². The van der Waals surface area contributed by atoms with Gasteiger partial charge in [0.25, 0.3) is 0 Å². The van der Waals surface area contributed by atoms with Gasteiger partial charge in [0.15, 0.2) is 23.1 Å². The van der Waals surface area contributed by atoms with E-state index in [0.717, 1.165) is 17.5 Å². The Morgan fingerprint density at radius 2 is 2.00 bits per heavy atom. The van der Waals surface area contributed by atoms with Crippen molar-refractivity contribution in [3.63, 3.8) is 0 Å². The molecule has 5 nitrogen and oxygen atoms in total. The average molecular weight is 232 g/mol. The van der Waals surface area contributed by atoms with E-state index in [9.17, 15) is 4.79 Å². The van der Waals surface area contributed by atoms with Crippen LogP contribution in [0.4, 0.5) is 0 Å². The molecule has 1 aliphatic heterocycles. The second-order valence-corrected chi connectivity index (χ2v) is 4.01. The first-order valence-corrected chi connectivity index (χ1v) is 5.54. The van der Waals surface area contributed by atoms with Crippen molar-refractivity contribution in [2.45, 2.75) is 13.3 Å². The van der Waals surface area contributed by atoms with Crippen molar-refractivity contribution >= 4 is 16.8 Å². The molecule has 2 heterocycles. The summed E-state index contributed by atoms with van der Waals surface area (Å²) >= 11 is 0. The minimum atomic E-state index is -0.0850. The third-order valence-electron chi connectivity index (χ3n) is 2.68. The van der Waals surface area contributed by atoms with Crippen molar-refractivity contribution in [2.24, 2.45) is 0 Å².